The van der Waals surface area contributed by atoms with E-state index in [0.717, 1.165) is 5.39 Å². The topological polar surface area (TPSA) is 93.4 Å². The van der Waals surface area contributed by atoms with Crippen LogP contribution < -0.4 is 10.4 Å². The molecule has 0 aliphatic carbocycles. The molecule has 0 N–H and O–H groups in total. The summed E-state index contributed by atoms with van der Waals surface area (Å²) in [6.45, 7) is 0.125. The number of ether oxygens (including phenoxy) is 5. The first kappa shape index (κ1) is 15.0. The van der Waals surface area contributed by atoms with Crippen molar-refractivity contribution in [1.82, 2.24) is 0 Å². The molecule has 8 nitrogen and oxygen atoms in total. The number of hydrogen-bond donors (Lipinski definition) is 0. The highest BCUT2D eigenvalue weighted by Crippen LogP contribution is 2.32. The highest BCUT2D eigenvalue weighted by molar-refractivity contribution is 5.77. The van der Waals surface area contributed by atoms with Gasteiger partial charge in [-0.1, -0.05) is 0 Å². The number of hydrogen-bond acceptors (Lipinski definition) is 8. The molecule has 1 aromatic heterocycles. The summed E-state index contributed by atoms with van der Waals surface area (Å²) in [6, 6.07) is 8.18. The molecular weight excluding hydrogens is 320 g/mol. The Hall–Kier alpha value is -2.58. The molecule has 0 bridgehead atoms. The molecule has 0 unspecified atom stereocenters. The summed E-state index contributed by atoms with van der Waals surface area (Å²) in [5, 5.41) is 0.789. The molecule has 2 aromatic rings. The molecular formula is C16H14O8. The van der Waals surface area contributed by atoms with Crippen LogP contribution in [0.3, 0.4) is 0 Å². The number of benzene rings is 1. The normalized spacial score (nSPS) is 28.5. The third-order valence-electron chi connectivity index (χ3n) is 3.97. The largest absolute Gasteiger partial charge is 0.509 e. The number of carbonyl (C=O) groups is 1. The van der Waals surface area contributed by atoms with Crippen LogP contribution in [0.4, 0.5) is 4.79 Å². The summed E-state index contributed by atoms with van der Waals surface area (Å²) in [5.41, 5.74) is -0.00446. The van der Waals surface area contributed by atoms with Crippen molar-refractivity contribution in [2.75, 3.05) is 13.7 Å². The molecule has 8 heteroatoms. The summed E-state index contributed by atoms with van der Waals surface area (Å²) in [6.07, 6.45) is -3.14. The van der Waals surface area contributed by atoms with E-state index in [4.69, 9.17) is 28.1 Å². The average molecular weight is 334 g/mol. The van der Waals surface area contributed by atoms with Gasteiger partial charge in [0.2, 0.25) is 0 Å². The second-order valence-corrected chi connectivity index (χ2v) is 5.46. The van der Waals surface area contributed by atoms with E-state index < -0.39 is 36.4 Å². The minimum Gasteiger partial charge on any atom is -0.491 e. The zero-order valence-electron chi connectivity index (χ0n) is 12.7. The molecule has 2 saturated heterocycles. The second kappa shape index (κ2) is 5.81. The lowest BCUT2D eigenvalue weighted by atomic mass is 10.1. The average Bonchev–Trinajstić information content (AvgIpc) is 3.10. The van der Waals surface area contributed by atoms with Gasteiger partial charge in [-0.3, -0.25) is 0 Å². The standard InChI is InChI=1S/C16H14O8/c1-19-15-14-13(23-16(18)24-14)11(22-15)7-20-9-4-2-8-3-5-12(17)21-10(8)6-9/h2-6,11,13-15H,7H2,1H3/t11-,13-,14-,15-/m1/s1. The van der Waals surface area contributed by atoms with Crippen LogP contribution in [0, 0.1) is 0 Å². The maximum Gasteiger partial charge on any atom is 0.509 e. The number of fused-ring (bicyclic) bond motifs is 2. The third kappa shape index (κ3) is 2.59. The maximum atomic E-state index is 11.3. The third-order valence-corrected chi connectivity index (χ3v) is 3.97. The predicted octanol–water partition coefficient (Wildman–Crippen LogP) is 1.45. The monoisotopic (exact) mass is 334 g/mol. The van der Waals surface area contributed by atoms with Crippen molar-refractivity contribution in [2.45, 2.75) is 24.6 Å². The number of carbonyl (C=O) groups excluding carboxylic acids is 1. The Morgan fingerprint density at radius 1 is 1.08 bits per heavy atom. The van der Waals surface area contributed by atoms with Gasteiger partial charge in [-0.15, -0.1) is 0 Å². The maximum absolute atomic E-state index is 11.3. The Labute approximate surface area is 135 Å². The van der Waals surface area contributed by atoms with Gasteiger partial charge in [0.15, 0.2) is 18.5 Å². The van der Waals surface area contributed by atoms with Gasteiger partial charge in [-0.2, -0.15) is 0 Å². The summed E-state index contributed by atoms with van der Waals surface area (Å²) < 4.78 is 31.7. The van der Waals surface area contributed by atoms with Gasteiger partial charge in [0.25, 0.3) is 0 Å². The van der Waals surface area contributed by atoms with Crippen molar-refractivity contribution in [3.05, 3.63) is 40.8 Å². The van der Waals surface area contributed by atoms with E-state index in [0.29, 0.717) is 11.3 Å². The van der Waals surface area contributed by atoms with Crippen molar-refractivity contribution < 1.29 is 32.9 Å². The van der Waals surface area contributed by atoms with E-state index in [1.807, 2.05) is 0 Å². The molecule has 4 rings (SSSR count). The van der Waals surface area contributed by atoms with E-state index in [2.05, 4.69) is 0 Å². The summed E-state index contributed by atoms with van der Waals surface area (Å²) in [7, 11) is 1.46. The predicted molar refractivity (Wildman–Crippen MR) is 78.8 cm³/mol. The minimum atomic E-state index is -0.743. The Kier molecular flexibility index (Phi) is 3.62. The summed E-state index contributed by atoms with van der Waals surface area (Å²) >= 11 is 0. The van der Waals surface area contributed by atoms with Crippen LogP contribution in [0.15, 0.2) is 39.5 Å². The van der Waals surface area contributed by atoms with Gasteiger partial charge >= 0.3 is 11.8 Å². The molecule has 24 heavy (non-hydrogen) atoms. The molecule has 0 amide bonds. The van der Waals surface area contributed by atoms with E-state index in [9.17, 15) is 9.59 Å². The van der Waals surface area contributed by atoms with Crippen LogP contribution in [0.1, 0.15) is 0 Å². The van der Waals surface area contributed by atoms with Crippen LogP contribution in [0.5, 0.6) is 5.75 Å². The first-order chi connectivity index (χ1) is 11.6. The zero-order chi connectivity index (χ0) is 16.7. The van der Waals surface area contributed by atoms with Gasteiger partial charge in [-0.25, -0.2) is 9.59 Å². The van der Waals surface area contributed by atoms with E-state index in [-0.39, 0.29) is 6.61 Å². The van der Waals surface area contributed by atoms with E-state index >= 15 is 0 Å². The Balaban J connectivity index is 1.48. The lowest BCUT2D eigenvalue weighted by molar-refractivity contribution is -0.156. The van der Waals surface area contributed by atoms with Crippen molar-refractivity contribution in [3.63, 3.8) is 0 Å². The molecule has 3 heterocycles. The van der Waals surface area contributed by atoms with Crippen LogP contribution in [0.2, 0.25) is 0 Å². The van der Waals surface area contributed by atoms with Crippen LogP contribution in [0.25, 0.3) is 11.0 Å². The highest BCUT2D eigenvalue weighted by atomic mass is 16.8. The molecule has 0 spiro atoms. The molecule has 0 radical (unpaired) electrons. The Bertz CT molecular complexity index is 828. The van der Waals surface area contributed by atoms with Crippen molar-refractivity contribution >= 4 is 17.1 Å². The van der Waals surface area contributed by atoms with E-state index in [1.165, 1.54) is 13.2 Å². The number of methoxy groups -OCH3 is 1. The molecule has 4 atom stereocenters. The molecule has 0 saturated carbocycles. The number of rotatable bonds is 4. The molecule has 2 aliphatic rings. The first-order valence-corrected chi connectivity index (χ1v) is 7.36. The lowest BCUT2D eigenvalue weighted by Gasteiger charge is -2.16. The van der Waals surface area contributed by atoms with Crippen molar-refractivity contribution in [3.8, 4) is 5.75 Å². The van der Waals surface area contributed by atoms with Crippen LogP contribution in [-0.2, 0) is 18.9 Å². The zero-order valence-corrected chi connectivity index (χ0v) is 12.7. The van der Waals surface area contributed by atoms with Gasteiger partial charge in [0.1, 0.15) is 24.0 Å². The molecule has 2 aliphatic heterocycles. The second-order valence-electron chi connectivity index (χ2n) is 5.46. The molecule has 2 fully saturated rings. The lowest BCUT2D eigenvalue weighted by Crippen LogP contribution is -2.33. The fourth-order valence-electron chi connectivity index (χ4n) is 2.84. The smallest absolute Gasteiger partial charge is 0.491 e. The highest BCUT2D eigenvalue weighted by Gasteiger charge is 2.54. The fraction of sp³-hybridized carbons (Fsp3) is 0.375. The Morgan fingerprint density at radius 2 is 1.88 bits per heavy atom. The quantitative estimate of drug-likeness (QED) is 0.612. The minimum absolute atomic E-state index is 0.125. The van der Waals surface area contributed by atoms with Crippen molar-refractivity contribution in [1.29, 1.82) is 0 Å². The van der Waals surface area contributed by atoms with Gasteiger partial charge in [-0.05, 0) is 18.2 Å². The fourth-order valence-corrected chi connectivity index (χ4v) is 2.84. The van der Waals surface area contributed by atoms with E-state index in [1.54, 1.807) is 24.3 Å². The molecule has 1 aromatic carbocycles. The van der Waals surface area contributed by atoms with Gasteiger partial charge in [0.05, 0.1) is 0 Å². The SMILES string of the molecule is CO[C@@H]1O[C@H](COc2ccc3ccc(=O)oc3c2)[C@H]2OC(=O)O[C@@H]12. The first-order valence-electron chi connectivity index (χ1n) is 7.36. The Morgan fingerprint density at radius 3 is 2.71 bits per heavy atom. The summed E-state index contributed by atoms with van der Waals surface area (Å²) in [5.74, 6) is 0.503. The van der Waals surface area contributed by atoms with Gasteiger partial charge in [0, 0.05) is 24.6 Å². The summed E-state index contributed by atoms with van der Waals surface area (Å²) in [4.78, 5) is 22.6. The van der Waals surface area contributed by atoms with Gasteiger partial charge < -0.3 is 28.1 Å². The van der Waals surface area contributed by atoms with Crippen LogP contribution >= 0.6 is 0 Å². The van der Waals surface area contributed by atoms with Crippen molar-refractivity contribution in [2.24, 2.45) is 0 Å². The molecule has 126 valence electrons. The van der Waals surface area contributed by atoms with Crippen LogP contribution in [-0.4, -0.2) is 44.5 Å².